The lowest BCUT2D eigenvalue weighted by atomic mass is 9.77. The van der Waals surface area contributed by atoms with E-state index in [1.807, 2.05) is 48.5 Å². The number of ketones is 1. The summed E-state index contributed by atoms with van der Waals surface area (Å²) in [6.07, 6.45) is 6.47. The second-order valence-corrected chi connectivity index (χ2v) is 10.7. The monoisotopic (exact) mass is 486 g/mol. The molecule has 2 atom stereocenters. The maximum absolute atomic E-state index is 14.1. The molecule has 2 unspecified atom stereocenters. The summed E-state index contributed by atoms with van der Waals surface area (Å²) < 4.78 is 0. The topological polar surface area (TPSA) is 81.8 Å². The molecule has 0 aliphatic carbocycles. The number of anilines is 2. The van der Waals surface area contributed by atoms with Gasteiger partial charge in [0.1, 0.15) is 16.9 Å². The van der Waals surface area contributed by atoms with Crippen LogP contribution in [0.2, 0.25) is 0 Å². The van der Waals surface area contributed by atoms with Gasteiger partial charge in [0, 0.05) is 35.3 Å². The second-order valence-electron chi connectivity index (χ2n) is 10.7. The molecule has 0 aromatic heterocycles. The highest BCUT2D eigenvalue weighted by atomic mass is 16.2. The van der Waals surface area contributed by atoms with Crippen LogP contribution in [0.25, 0.3) is 0 Å². The summed E-state index contributed by atoms with van der Waals surface area (Å²) in [4.78, 5) is 45.9. The van der Waals surface area contributed by atoms with Gasteiger partial charge in [-0.2, -0.15) is 0 Å². The summed E-state index contributed by atoms with van der Waals surface area (Å²) in [6.45, 7) is 3.15. The zero-order chi connectivity index (χ0) is 24.8. The molecule has 2 saturated heterocycles. The largest absolute Gasteiger partial charge is 0.324 e. The highest BCUT2D eigenvalue weighted by Crippen LogP contribution is 2.48. The van der Waals surface area contributed by atoms with E-state index in [2.05, 4.69) is 20.4 Å². The number of benzene rings is 2. The molecule has 36 heavy (non-hydrogen) atoms. The summed E-state index contributed by atoms with van der Waals surface area (Å²) in [6, 6.07) is 15.5. The van der Waals surface area contributed by atoms with Crippen LogP contribution in [0, 0.1) is 0 Å². The normalized spacial score (nSPS) is 28.3. The highest BCUT2D eigenvalue weighted by Gasteiger charge is 2.56. The third-order valence-electron chi connectivity index (χ3n) is 8.69. The third-order valence-corrected chi connectivity index (χ3v) is 8.69. The minimum absolute atomic E-state index is 0.0511. The Balaban J connectivity index is 1.39. The van der Waals surface area contributed by atoms with Crippen LogP contribution >= 0.6 is 0 Å². The molecule has 0 bridgehead atoms. The number of para-hydroxylation sites is 2. The summed E-state index contributed by atoms with van der Waals surface area (Å²) in [5, 5.41) is 6.12. The first-order valence-electron chi connectivity index (χ1n) is 13.4. The number of nitrogens with zero attached hydrogens (tertiary/aromatic N) is 2. The molecule has 4 aliphatic rings. The number of piperidine rings is 2. The van der Waals surface area contributed by atoms with Crippen molar-refractivity contribution in [2.75, 3.05) is 36.8 Å². The molecule has 2 fully saturated rings. The van der Waals surface area contributed by atoms with Crippen molar-refractivity contribution >= 4 is 29.0 Å². The molecule has 2 aromatic carbocycles. The van der Waals surface area contributed by atoms with E-state index in [9.17, 15) is 14.4 Å². The van der Waals surface area contributed by atoms with Crippen LogP contribution < -0.4 is 10.6 Å². The number of carbonyl (C=O) groups excluding carboxylic acids is 3. The lowest BCUT2D eigenvalue weighted by Crippen LogP contribution is -2.56. The Morgan fingerprint density at radius 2 is 1.03 bits per heavy atom. The Kier molecular flexibility index (Phi) is 5.92. The fraction of sp³-hybridized carbons (Fsp3) is 0.483. The summed E-state index contributed by atoms with van der Waals surface area (Å²) in [5.41, 5.74) is 1.30. The first-order valence-corrected chi connectivity index (χ1v) is 13.4. The maximum atomic E-state index is 14.1. The average Bonchev–Trinajstić information content (AvgIpc) is 3.36. The van der Waals surface area contributed by atoms with Crippen molar-refractivity contribution < 1.29 is 14.4 Å². The van der Waals surface area contributed by atoms with Gasteiger partial charge in [0.15, 0.2) is 0 Å². The minimum Gasteiger partial charge on any atom is -0.324 e. The lowest BCUT2D eigenvalue weighted by molar-refractivity contribution is -0.140. The van der Waals surface area contributed by atoms with Crippen molar-refractivity contribution in [1.29, 1.82) is 0 Å². The van der Waals surface area contributed by atoms with E-state index < -0.39 is 11.1 Å². The molecule has 2 aromatic rings. The molecule has 4 aliphatic heterocycles. The summed E-state index contributed by atoms with van der Waals surface area (Å²) in [5.74, 6) is -0.297. The lowest BCUT2D eigenvalue weighted by Gasteiger charge is -2.44. The molecule has 7 nitrogen and oxygen atoms in total. The maximum Gasteiger partial charge on any atom is 0.250 e. The first-order chi connectivity index (χ1) is 17.6. The van der Waals surface area contributed by atoms with Crippen molar-refractivity contribution in [1.82, 2.24) is 9.80 Å². The Morgan fingerprint density at radius 1 is 0.639 bits per heavy atom. The molecular weight excluding hydrogens is 452 g/mol. The van der Waals surface area contributed by atoms with E-state index in [4.69, 9.17) is 0 Å². The molecule has 0 saturated carbocycles. The van der Waals surface area contributed by atoms with Crippen LogP contribution in [0.4, 0.5) is 11.4 Å². The molecule has 2 amide bonds. The molecular formula is C29H34N4O3. The number of likely N-dealkylation sites (tertiary alicyclic amines) is 2. The van der Waals surface area contributed by atoms with Gasteiger partial charge in [-0.25, -0.2) is 0 Å². The number of nitrogens with one attached hydrogen (secondary N) is 2. The molecule has 6 rings (SSSR count). The summed E-state index contributed by atoms with van der Waals surface area (Å²) in [7, 11) is 0. The fourth-order valence-corrected chi connectivity index (χ4v) is 6.99. The molecule has 2 N–H and O–H groups in total. The summed E-state index contributed by atoms with van der Waals surface area (Å²) >= 11 is 0. The predicted octanol–water partition coefficient (Wildman–Crippen LogP) is 4.00. The number of fused-ring (bicyclic) bond motifs is 2. The van der Waals surface area contributed by atoms with Gasteiger partial charge in [-0.1, -0.05) is 49.2 Å². The number of hydrogen-bond donors (Lipinski definition) is 2. The zero-order valence-corrected chi connectivity index (χ0v) is 20.7. The van der Waals surface area contributed by atoms with Gasteiger partial charge in [0.25, 0.3) is 0 Å². The number of hydrogen-bond acceptors (Lipinski definition) is 5. The third kappa shape index (κ3) is 3.51. The SMILES string of the molecule is O=C(CC1(N2CCCCC2)C(=O)Nc2ccccc21)CC1(N2CCCCC2)C(=O)Nc2ccccc21. The predicted molar refractivity (Wildman–Crippen MR) is 139 cm³/mol. The van der Waals surface area contributed by atoms with Gasteiger partial charge < -0.3 is 10.6 Å². The van der Waals surface area contributed by atoms with Gasteiger partial charge in [-0.05, 0) is 64.0 Å². The smallest absolute Gasteiger partial charge is 0.250 e. The number of rotatable bonds is 6. The van der Waals surface area contributed by atoms with Crippen LogP contribution in [0.15, 0.2) is 48.5 Å². The molecule has 0 spiro atoms. The molecule has 0 radical (unpaired) electrons. The molecule has 4 heterocycles. The van der Waals surface area contributed by atoms with Gasteiger partial charge in [0.05, 0.1) is 0 Å². The van der Waals surface area contributed by atoms with Crippen LogP contribution in [0.1, 0.15) is 62.5 Å². The highest BCUT2D eigenvalue weighted by molar-refractivity contribution is 6.11. The van der Waals surface area contributed by atoms with E-state index >= 15 is 0 Å². The van der Waals surface area contributed by atoms with Crippen LogP contribution in [0.3, 0.4) is 0 Å². The van der Waals surface area contributed by atoms with Crippen molar-refractivity contribution in [3.05, 3.63) is 59.7 Å². The van der Waals surface area contributed by atoms with E-state index in [1.54, 1.807) is 0 Å². The van der Waals surface area contributed by atoms with E-state index in [1.165, 1.54) is 0 Å². The minimum atomic E-state index is -1.02. The van der Waals surface area contributed by atoms with Crippen LogP contribution in [-0.2, 0) is 25.5 Å². The zero-order valence-electron chi connectivity index (χ0n) is 20.7. The van der Waals surface area contributed by atoms with E-state index in [0.717, 1.165) is 87.2 Å². The van der Waals surface area contributed by atoms with Gasteiger partial charge in [0.2, 0.25) is 11.8 Å². The van der Waals surface area contributed by atoms with Gasteiger partial charge in [-0.3, -0.25) is 24.2 Å². The van der Waals surface area contributed by atoms with Crippen LogP contribution in [0.5, 0.6) is 0 Å². The Bertz CT molecular complexity index is 1110. The quantitative estimate of drug-likeness (QED) is 0.645. The average molecular weight is 487 g/mol. The second kappa shape index (κ2) is 9.12. The van der Waals surface area contributed by atoms with Gasteiger partial charge in [-0.15, -0.1) is 0 Å². The molecule has 188 valence electrons. The Hall–Kier alpha value is -3.03. The van der Waals surface area contributed by atoms with Crippen molar-refractivity contribution in [3.63, 3.8) is 0 Å². The van der Waals surface area contributed by atoms with E-state index in [-0.39, 0.29) is 30.4 Å². The fourth-order valence-electron chi connectivity index (χ4n) is 6.99. The van der Waals surface area contributed by atoms with Crippen molar-refractivity contribution in [2.24, 2.45) is 0 Å². The van der Waals surface area contributed by atoms with Crippen LogP contribution in [-0.4, -0.2) is 53.6 Å². The Labute approximate surface area is 212 Å². The molecule has 7 heteroatoms. The van der Waals surface area contributed by atoms with Gasteiger partial charge >= 0.3 is 0 Å². The number of amides is 2. The van der Waals surface area contributed by atoms with Crippen molar-refractivity contribution in [2.45, 2.75) is 62.4 Å². The number of carbonyl (C=O) groups is 3. The van der Waals surface area contributed by atoms with E-state index in [0.29, 0.717) is 0 Å². The number of Topliss-reactive ketones (excluding diaryl/α,β-unsaturated/α-hetero) is 1. The first kappa shape index (κ1) is 23.4. The van der Waals surface area contributed by atoms with Crippen molar-refractivity contribution in [3.8, 4) is 0 Å². The standard InChI is InChI=1S/C29H34N4O3/c34-21(19-28(32-15-7-1-8-16-32)22-11-3-5-13-24(22)30-26(28)35)20-29(33-17-9-2-10-18-33)23-12-4-6-14-25(23)31-27(29)36/h3-6,11-14H,1-2,7-10,15-20H2,(H,30,35)(H,31,36). The Morgan fingerprint density at radius 3 is 1.44 bits per heavy atom.